The molecule has 0 saturated heterocycles. The Kier molecular flexibility index (Phi) is 22.4. The number of hydrogen-bond donors (Lipinski definition) is 8. The van der Waals surface area contributed by atoms with Crippen LogP contribution in [0.3, 0.4) is 0 Å². The van der Waals surface area contributed by atoms with Gasteiger partial charge in [-0.25, -0.2) is 0 Å². The second-order valence-corrected chi connectivity index (χ2v) is 16.4. The largest absolute Gasteiger partial charge is 0.494 e. The lowest BCUT2D eigenvalue weighted by Gasteiger charge is -2.20. The van der Waals surface area contributed by atoms with Crippen LogP contribution in [-0.2, 0) is 20.2 Å². The predicted molar refractivity (Wildman–Crippen MR) is 244 cm³/mol. The van der Waals surface area contributed by atoms with Gasteiger partial charge in [0.05, 0.1) is 37.9 Å². The van der Waals surface area contributed by atoms with Gasteiger partial charge in [0.15, 0.2) is 0 Å². The molecule has 0 aromatic heterocycles. The molecule has 0 radical (unpaired) electrons. The van der Waals surface area contributed by atoms with Crippen molar-refractivity contribution in [2.24, 2.45) is 11.5 Å². The molecule has 5 aromatic rings. The Morgan fingerprint density at radius 1 is 0.639 bits per heavy atom. The van der Waals surface area contributed by atoms with Crippen LogP contribution in [-0.4, -0.2) is 98.0 Å². The highest BCUT2D eigenvalue weighted by atomic mass is 32.2. The Morgan fingerprint density at radius 3 is 1.51 bits per heavy atom. The van der Waals surface area contributed by atoms with Crippen LogP contribution in [0.5, 0.6) is 17.2 Å². The first-order valence-corrected chi connectivity index (χ1v) is 22.2. The molecule has 0 aliphatic heterocycles. The van der Waals surface area contributed by atoms with E-state index in [1.54, 1.807) is 24.3 Å². The Balaban J connectivity index is 0.000000322. The zero-order valence-electron chi connectivity index (χ0n) is 33.8. The number of nitrogens with zero attached hydrogens (tertiary/aromatic N) is 1. The maximum absolute atomic E-state index is 9.63. The molecular formula is C42H53N5O11S3. The Bertz CT molecular complexity index is 2270. The van der Waals surface area contributed by atoms with E-state index in [0.717, 1.165) is 47.6 Å². The normalized spacial score (nSPS) is 10.7. The highest BCUT2D eigenvalue weighted by molar-refractivity contribution is 7.86. The molecule has 0 aliphatic carbocycles. The van der Waals surface area contributed by atoms with Gasteiger partial charge in [0.25, 0.3) is 25.4 Å². The van der Waals surface area contributed by atoms with Crippen LogP contribution in [0.1, 0.15) is 36.0 Å². The number of aliphatic hydroxyl groups is 2. The number of nitrogens with one attached hydrogen (secondary N) is 2. The molecule has 10 N–H and O–H groups in total. The highest BCUT2D eigenvalue weighted by Gasteiger charge is 2.10. The van der Waals surface area contributed by atoms with E-state index in [9.17, 15) is 16.8 Å². The second-order valence-electron chi connectivity index (χ2n) is 12.9. The van der Waals surface area contributed by atoms with Crippen LogP contribution in [0.15, 0.2) is 115 Å². The van der Waals surface area contributed by atoms with Crippen LogP contribution < -0.4 is 30.6 Å². The quantitative estimate of drug-likeness (QED) is 0.0198. The van der Waals surface area contributed by atoms with Gasteiger partial charge in [-0.05, 0) is 128 Å². The van der Waals surface area contributed by atoms with Crippen molar-refractivity contribution in [3.8, 4) is 17.2 Å². The van der Waals surface area contributed by atoms with Crippen molar-refractivity contribution in [1.82, 2.24) is 0 Å². The first kappa shape index (κ1) is 51.5. The maximum Gasteiger partial charge on any atom is 0.269 e. The lowest BCUT2D eigenvalue weighted by Crippen LogP contribution is -2.29. The van der Waals surface area contributed by atoms with Crippen molar-refractivity contribution in [3.05, 3.63) is 132 Å². The molecule has 0 heterocycles. The van der Waals surface area contributed by atoms with Crippen molar-refractivity contribution in [1.29, 1.82) is 10.8 Å². The van der Waals surface area contributed by atoms with E-state index in [1.165, 1.54) is 10.9 Å². The third-order valence-corrected chi connectivity index (χ3v) is 9.70. The van der Waals surface area contributed by atoms with Gasteiger partial charge in [0, 0.05) is 23.9 Å². The minimum absolute atomic E-state index is 0.0579. The van der Waals surface area contributed by atoms with Crippen LogP contribution >= 0.6 is 12.2 Å². The van der Waals surface area contributed by atoms with Crippen LogP contribution in [0.4, 0.5) is 5.69 Å². The first-order valence-electron chi connectivity index (χ1n) is 18.6. The van der Waals surface area contributed by atoms with Gasteiger partial charge in [-0.1, -0.05) is 42.5 Å². The van der Waals surface area contributed by atoms with E-state index >= 15 is 0 Å². The van der Waals surface area contributed by atoms with Crippen LogP contribution in [0.25, 0.3) is 10.8 Å². The molecule has 5 rings (SSSR count). The van der Waals surface area contributed by atoms with E-state index in [4.69, 9.17) is 68.0 Å². The number of aryl methyl sites for hydroxylation is 1. The number of aliphatic hydroxyl groups excluding tert-OH is 2. The molecule has 0 amide bonds. The SMILES string of the molecule is Cc1cccc(N(C)C(=S)Oc2ccc3ccccc3c2)c1.N=C(N)c1ccc(OCCCCCOc2ccc(C(=N)N)cc2)cc1.O=S(=O)(O)CCO.O=S(=O)(O)CCO. The summed E-state index contributed by atoms with van der Waals surface area (Å²) in [5.41, 5.74) is 14.4. The number of hydrogen-bond acceptors (Lipinski definition) is 12. The van der Waals surface area contributed by atoms with Gasteiger partial charge in [0.2, 0.25) is 0 Å². The average molecular weight is 900 g/mol. The molecule has 61 heavy (non-hydrogen) atoms. The van der Waals surface area contributed by atoms with Crippen LogP contribution in [0.2, 0.25) is 0 Å². The summed E-state index contributed by atoms with van der Waals surface area (Å²) in [5, 5.41) is 33.2. The number of rotatable bonds is 16. The van der Waals surface area contributed by atoms with E-state index in [1.807, 2.05) is 78.7 Å². The molecular weight excluding hydrogens is 847 g/mol. The smallest absolute Gasteiger partial charge is 0.269 e. The summed E-state index contributed by atoms with van der Waals surface area (Å²) in [5.74, 6) is 1.28. The van der Waals surface area contributed by atoms with E-state index in [2.05, 4.69) is 31.2 Å². The summed E-state index contributed by atoms with van der Waals surface area (Å²) in [6.07, 6.45) is 2.90. The summed E-state index contributed by atoms with van der Waals surface area (Å²) in [6, 6.07) is 36.8. The van der Waals surface area contributed by atoms with Gasteiger partial charge in [-0.2, -0.15) is 16.8 Å². The number of anilines is 1. The Morgan fingerprint density at radius 2 is 1.10 bits per heavy atom. The summed E-state index contributed by atoms with van der Waals surface area (Å²) >= 11 is 5.41. The van der Waals surface area contributed by atoms with Gasteiger partial charge in [-0.15, -0.1) is 0 Å². The number of fused-ring (bicyclic) bond motifs is 1. The predicted octanol–water partition coefficient (Wildman–Crippen LogP) is 5.56. The van der Waals surface area contributed by atoms with Crippen molar-refractivity contribution in [2.45, 2.75) is 26.2 Å². The molecule has 0 aliphatic rings. The molecule has 19 heteroatoms. The summed E-state index contributed by atoms with van der Waals surface area (Å²) in [6.45, 7) is 2.29. The third-order valence-electron chi connectivity index (χ3n) is 7.94. The third kappa shape index (κ3) is 21.9. The molecule has 0 atom stereocenters. The van der Waals surface area contributed by atoms with Gasteiger partial charge in [-0.3, -0.25) is 19.9 Å². The lowest BCUT2D eigenvalue weighted by molar-refractivity contribution is 0.279. The molecule has 0 fully saturated rings. The zero-order chi connectivity index (χ0) is 45.4. The molecule has 330 valence electrons. The Labute approximate surface area is 362 Å². The van der Waals surface area contributed by atoms with E-state index in [0.29, 0.717) is 29.5 Å². The van der Waals surface area contributed by atoms with Crippen molar-refractivity contribution >= 4 is 65.8 Å². The van der Waals surface area contributed by atoms with Gasteiger partial charge in [0.1, 0.15) is 28.9 Å². The second kappa shape index (κ2) is 26.5. The number of nitrogens with two attached hydrogens (primary N) is 2. The highest BCUT2D eigenvalue weighted by Crippen LogP contribution is 2.23. The Hall–Kier alpha value is -5.67. The summed E-state index contributed by atoms with van der Waals surface area (Å²) < 4.78 is 71.3. The van der Waals surface area contributed by atoms with Crippen LogP contribution in [0, 0.1) is 17.7 Å². The number of ether oxygens (including phenoxy) is 3. The summed E-state index contributed by atoms with van der Waals surface area (Å²) in [7, 11) is -5.93. The minimum Gasteiger partial charge on any atom is -0.494 e. The molecule has 0 unspecified atom stereocenters. The first-order chi connectivity index (χ1) is 28.8. The van der Waals surface area contributed by atoms with Crippen molar-refractivity contribution in [2.75, 3.05) is 49.9 Å². The fourth-order valence-electron chi connectivity index (χ4n) is 4.80. The molecule has 0 spiro atoms. The number of thiocarbonyl (C=S) groups is 1. The monoisotopic (exact) mass is 899 g/mol. The standard InChI is InChI=1S/C19H24N4O2.C19H17NOS.2C2H6O4S/c20-18(21)14-4-8-16(9-5-14)24-12-2-1-3-13-25-17-10-6-15(7-11-17)19(22)23;1-14-6-5-9-17(12-14)20(2)19(22)21-18-11-10-15-7-3-4-8-16(15)13-18;2*3-1-2-7(4,5)6/h4-11H,1-3,12-13H2,(H3,20,21)(H3,22,23);3-13H,1-2H3;2*3H,1-2H2,(H,4,5,6). The molecule has 5 aromatic carbocycles. The number of amidine groups is 2. The minimum atomic E-state index is -3.92. The molecule has 16 nitrogen and oxygen atoms in total. The van der Waals surface area contributed by atoms with Crippen molar-refractivity contribution in [3.63, 3.8) is 0 Å². The topological polar surface area (TPSA) is 280 Å². The van der Waals surface area contributed by atoms with E-state index in [-0.39, 0.29) is 11.7 Å². The lowest BCUT2D eigenvalue weighted by atomic mass is 10.1. The average Bonchev–Trinajstić information content (AvgIpc) is 3.20. The van der Waals surface area contributed by atoms with Gasteiger partial charge >= 0.3 is 0 Å². The zero-order valence-corrected chi connectivity index (χ0v) is 36.3. The van der Waals surface area contributed by atoms with Gasteiger partial charge < -0.3 is 40.8 Å². The van der Waals surface area contributed by atoms with E-state index < -0.39 is 45.0 Å². The fraction of sp³-hybridized carbons (Fsp3) is 0.262. The number of unbranched alkanes of at least 4 members (excludes halogenated alkanes) is 2. The molecule has 0 saturated carbocycles. The fourth-order valence-corrected chi connectivity index (χ4v) is 5.46. The molecule has 0 bridgehead atoms. The summed E-state index contributed by atoms with van der Waals surface area (Å²) in [4.78, 5) is 1.87. The number of nitrogen functional groups attached to an aromatic ring is 2. The maximum atomic E-state index is 9.63. The number of benzene rings is 5. The van der Waals surface area contributed by atoms with Crippen molar-refractivity contribution < 1.29 is 50.4 Å².